The van der Waals surface area contributed by atoms with E-state index in [-0.39, 0.29) is 5.56 Å². The van der Waals surface area contributed by atoms with Crippen molar-refractivity contribution >= 4 is 11.6 Å². The average molecular weight is 246 g/mol. The Kier molecular flexibility index (Phi) is 3.57. The number of rotatable bonds is 4. The second-order valence-electron chi connectivity index (χ2n) is 3.67. The van der Waals surface area contributed by atoms with E-state index in [9.17, 15) is 4.79 Å². The van der Waals surface area contributed by atoms with Crippen molar-refractivity contribution in [1.82, 2.24) is 15.2 Å². The van der Waals surface area contributed by atoms with Gasteiger partial charge in [-0.1, -0.05) is 0 Å². The molecule has 0 aliphatic heterocycles. The quantitative estimate of drug-likeness (QED) is 0.856. The molecule has 0 atom stereocenters. The molecule has 6 nitrogen and oxygen atoms in total. The number of hydrogen-bond acceptors (Lipinski definition) is 5. The van der Waals surface area contributed by atoms with Gasteiger partial charge < -0.3 is 10.1 Å². The maximum absolute atomic E-state index is 11.4. The summed E-state index contributed by atoms with van der Waals surface area (Å²) in [6.45, 7) is 4.16. The van der Waals surface area contributed by atoms with Crippen molar-refractivity contribution in [2.45, 2.75) is 13.8 Å². The van der Waals surface area contributed by atoms with Crippen LogP contribution in [0.5, 0.6) is 5.75 Å². The number of hydrogen-bond donors (Lipinski definition) is 2. The Bertz CT molecular complexity index is 577. The van der Waals surface area contributed by atoms with Crippen LogP contribution < -0.4 is 15.6 Å². The zero-order chi connectivity index (χ0) is 13.0. The monoisotopic (exact) mass is 246 g/mol. The first-order valence-electron chi connectivity index (χ1n) is 5.62. The molecule has 0 bridgehead atoms. The van der Waals surface area contributed by atoms with Crippen LogP contribution in [0.4, 0.5) is 11.6 Å². The summed E-state index contributed by atoms with van der Waals surface area (Å²) in [5.41, 5.74) is 0.887. The van der Waals surface area contributed by atoms with E-state index in [2.05, 4.69) is 20.5 Å². The summed E-state index contributed by atoms with van der Waals surface area (Å²) in [7, 11) is 0. The van der Waals surface area contributed by atoms with E-state index in [1.165, 1.54) is 0 Å². The summed E-state index contributed by atoms with van der Waals surface area (Å²) in [5.74, 6) is 1.11. The maximum Gasteiger partial charge on any atom is 0.273 e. The summed E-state index contributed by atoms with van der Waals surface area (Å²) < 4.78 is 5.33. The van der Waals surface area contributed by atoms with Crippen LogP contribution in [0.3, 0.4) is 0 Å². The molecule has 0 radical (unpaired) electrons. The highest BCUT2D eigenvalue weighted by Crippen LogP contribution is 2.17. The lowest BCUT2D eigenvalue weighted by molar-refractivity contribution is 0.340. The lowest BCUT2D eigenvalue weighted by Gasteiger charge is -2.06. The molecule has 1 aromatic carbocycles. The van der Waals surface area contributed by atoms with Crippen LogP contribution >= 0.6 is 0 Å². The van der Waals surface area contributed by atoms with Crippen molar-refractivity contribution in [1.29, 1.82) is 0 Å². The number of benzene rings is 1. The summed E-state index contributed by atoms with van der Waals surface area (Å²) in [6.07, 6.45) is 0. The first-order chi connectivity index (χ1) is 8.69. The molecule has 1 aromatic heterocycles. The lowest BCUT2D eigenvalue weighted by Crippen LogP contribution is -2.15. The fraction of sp³-hybridized carbons (Fsp3) is 0.250. The fourth-order valence-electron chi connectivity index (χ4n) is 1.39. The highest BCUT2D eigenvalue weighted by molar-refractivity contribution is 5.53. The van der Waals surface area contributed by atoms with Crippen molar-refractivity contribution in [3.05, 3.63) is 40.3 Å². The Hall–Kier alpha value is -2.37. The maximum atomic E-state index is 11.4. The molecule has 0 amide bonds. The minimum Gasteiger partial charge on any atom is -0.494 e. The molecule has 2 aromatic rings. The third-order valence-corrected chi connectivity index (χ3v) is 2.29. The molecular formula is C12H14N4O2. The van der Waals surface area contributed by atoms with E-state index < -0.39 is 0 Å². The molecule has 6 heteroatoms. The van der Waals surface area contributed by atoms with E-state index in [1.807, 2.05) is 31.2 Å². The molecule has 0 unspecified atom stereocenters. The van der Waals surface area contributed by atoms with Crippen LogP contribution in [0.1, 0.15) is 12.6 Å². The number of aryl methyl sites for hydroxylation is 1. The van der Waals surface area contributed by atoms with Crippen LogP contribution in [0.15, 0.2) is 29.1 Å². The van der Waals surface area contributed by atoms with Crippen LogP contribution in [-0.4, -0.2) is 21.8 Å². The van der Waals surface area contributed by atoms with Crippen molar-refractivity contribution < 1.29 is 4.74 Å². The molecule has 0 aliphatic carbocycles. The SMILES string of the molecule is CCOc1ccc(Nc2nnc(C)c(=O)[nH]2)cc1. The number of anilines is 2. The molecule has 94 valence electrons. The van der Waals surface area contributed by atoms with Crippen molar-refractivity contribution in [3.63, 3.8) is 0 Å². The van der Waals surface area contributed by atoms with Gasteiger partial charge in [0.05, 0.1) is 6.61 Å². The first-order valence-corrected chi connectivity index (χ1v) is 5.62. The van der Waals surface area contributed by atoms with Gasteiger partial charge in [0.15, 0.2) is 0 Å². The predicted molar refractivity (Wildman–Crippen MR) is 68.3 cm³/mol. The highest BCUT2D eigenvalue weighted by Gasteiger charge is 2.00. The molecule has 0 fully saturated rings. The van der Waals surface area contributed by atoms with Crippen LogP contribution in [0.2, 0.25) is 0 Å². The van der Waals surface area contributed by atoms with Gasteiger partial charge in [-0.2, -0.15) is 0 Å². The molecule has 2 rings (SSSR count). The van der Waals surface area contributed by atoms with E-state index >= 15 is 0 Å². The smallest absolute Gasteiger partial charge is 0.273 e. The van der Waals surface area contributed by atoms with Gasteiger partial charge in [-0.05, 0) is 38.1 Å². The molecule has 1 heterocycles. The van der Waals surface area contributed by atoms with Gasteiger partial charge in [0.1, 0.15) is 11.4 Å². The standard InChI is InChI=1S/C12H14N4O2/c1-3-18-10-6-4-9(5-7-10)13-12-14-11(17)8(2)15-16-12/h4-7H,3H2,1-2H3,(H2,13,14,16,17). The van der Waals surface area contributed by atoms with Gasteiger partial charge in [0.25, 0.3) is 5.56 Å². The van der Waals surface area contributed by atoms with Crippen molar-refractivity contribution in [2.24, 2.45) is 0 Å². The minimum atomic E-state index is -0.251. The van der Waals surface area contributed by atoms with Crippen LogP contribution in [0.25, 0.3) is 0 Å². The Morgan fingerprint density at radius 3 is 2.61 bits per heavy atom. The average Bonchev–Trinajstić information content (AvgIpc) is 2.37. The summed E-state index contributed by atoms with van der Waals surface area (Å²) in [6, 6.07) is 7.35. The summed E-state index contributed by atoms with van der Waals surface area (Å²) in [5, 5.41) is 10.5. The van der Waals surface area contributed by atoms with E-state index in [0.717, 1.165) is 11.4 Å². The van der Waals surface area contributed by atoms with Gasteiger partial charge in [-0.25, -0.2) is 0 Å². The number of nitrogens with zero attached hydrogens (tertiary/aromatic N) is 2. The zero-order valence-corrected chi connectivity index (χ0v) is 10.2. The Morgan fingerprint density at radius 2 is 2.00 bits per heavy atom. The minimum absolute atomic E-state index is 0.251. The first kappa shape index (κ1) is 12.1. The molecule has 0 saturated heterocycles. The van der Waals surface area contributed by atoms with Gasteiger partial charge in [0.2, 0.25) is 5.95 Å². The van der Waals surface area contributed by atoms with E-state index in [4.69, 9.17) is 4.74 Å². The largest absolute Gasteiger partial charge is 0.494 e. The highest BCUT2D eigenvalue weighted by atomic mass is 16.5. The summed E-state index contributed by atoms with van der Waals surface area (Å²) in [4.78, 5) is 13.9. The molecular weight excluding hydrogens is 232 g/mol. The Labute approximate surface area is 104 Å². The lowest BCUT2D eigenvalue weighted by atomic mass is 10.3. The molecule has 0 aliphatic rings. The van der Waals surface area contributed by atoms with Gasteiger partial charge in [0, 0.05) is 5.69 Å². The second kappa shape index (κ2) is 5.31. The topological polar surface area (TPSA) is 79.9 Å². The number of nitrogens with one attached hydrogen (secondary N) is 2. The normalized spacial score (nSPS) is 10.1. The third-order valence-electron chi connectivity index (χ3n) is 2.29. The number of aromatic nitrogens is 3. The third kappa shape index (κ3) is 2.85. The second-order valence-corrected chi connectivity index (χ2v) is 3.67. The van der Waals surface area contributed by atoms with Gasteiger partial charge >= 0.3 is 0 Å². The van der Waals surface area contributed by atoms with E-state index in [1.54, 1.807) is 6.92 Å². The van der Waals surface area contributed by atoms with Crippen molar-refractivity contribution in [3.8, 4) is 5.75 Å². The number of H-pyrrole nitrogens is 1. The fourth-order valence-corrected chi connectivity index (χ4v) is 1.39. The number of ether oxygens (including phenoxy) is 1. The summed E-state index contributed by atoms with van der Waals surface area (Å²) >= 11 is 0. The van der Waals surface area contributed by atoms with E-state index in [0.29, 0.717) is 18.2 Å². The molecule has 0 spiro atoms. The Morgan fingerprint density at radius 1 is 1.28 bits per heavy atom. The predicted octanol–water partition coefficient (Wildman–Crippen LogP) is 1.62. The molecule has 0 saturated carbocycles. The van der Waals surface area contributed by atoms with Crippen LogP contribution in [0, 0.1) is 6.92 Å². The van der Waals surface area contributed by atoms with Gasteiger partial charge in [-0.15, -0.1) is 10.2 Å². The molecule has 18 heavy (non-hydrogen) atoms. The number of aromatic amines is 1. The van der Waals surface area contributed by atoms with Crippen molar-refractivity contribution in [2.75, 3.05) is 11.9 Å². The zero-order valence-electron chi connectivity index (χ0n) is 10.2. The van der Waals surface area contributed by atoms with Crippen LogP contribution in [-0.2, 0) is 0 Å². The molecule has 2 N–H and O–H groups in total. The Balaban J connectivity index is 2.13. The van der Waals surface area contributed by atoms with Gasteiger partial charge in [-0.3, -0.25) is 9.78 Å².